The van der Waals surface area contributed by atoms with Gasteiger partial charge in [0.05, 0.1) is 17.9 Å². The Morgan fingerprint density at radius 2 is 0.684 bits per heavy atom. The van der Waals surface area contributed by atoms with Crippen molar-refractivity contribution in [1.29, 1.82) is 0 Å². The van der Waals surface area contributed by atoms with Crippen molar-refractivity contribution < 1.29 is 65.3 Å². The zero-order chi connectivity index (χ0) is 15.5. The van der Waals surface area contributed by atoms with Gasteiger partial charge in [-0.1, -0.05) is 19.7 Å². The summed E-state index contributed by atoms with van der Waals surface area (Å²) in [6, 6.07) is 0. The third-order valence-electron chi connectivity index (χ3n) is 0.787. The van der Waals surface area contributed by atoms with Crippen LogP contribution in [0.5, 0.6) is 0 Å². The van der Waals surface area contributed by atoms with Crippen LogP contribution in [0.15, 0.2) is 36.8 Å². The van der Waals surface area contributed by atoms with Crippen LogP contribution in [-0.2, 0) is 14.4 Å². The Balaban J connectivity index is -0.0000000865. The number of carbonyl (C=O) groups is 3. The van der Waals surface area contributed by atoms with E-state index in [1.165, 1.54) is 0 Å². The average molecular weight is 397 g/mol. The van der Waals surface area contributed by atoms with Crippen LogP contribution < -0.4 is 32.5 Å². The van der Waals surface area contributed by atoms with Gasteiger partial charge in [0.15, 0.2) is 0 Å². The van der Waals surface area contributed by atoms with E-state index in [1.807, 2.05) is 0 Å². The van der Waals surface area contributed by atoms with E-state index in [-0.39, 0.29) is 35.6 Å². The first kappa shape index (κ1) is 25.9. The quantitative estimate of drug-likeness (QED) is 0.389. The van der Waals surface area contributed by atoms with Crippen LogP contribution in [-0.4, -0.2) is 17.9 Å². The predicted molar refractivity (Wildman–Crippen MR) is 55.0 cm³/mol. The molecule has 0 saturated carbocycles. The Morgan fingerprint density at radius 3 is 0.684 bits per heavy atom. The number of rotatable bonds is 3. The molecule has 6 N–H and O–H groups in total. The summed E-state index contributed by atoms with van der Waals surface area (Å²) in [5, 5.41) is 28.1. The molecule has 0 amide bonds. The zero-order valence-corrected chi connectivity index (χ0v) is 13.5. The molecule has 0 unspecified atom stereocenters. The van der Waals surface area contributed by atoms with Crippen LogP contribution in [0.2, 0.25) is 0 Å². The molecule has 102 valence electrons. The van der Waals surface area contributed by atoms with Gasteiger partial charge in [-0.05, 0) is 0 Å². The number of aliphatic carboxylic acids is 3. The van der Waals surface area contributed by atoms with Crippen molar-refractivity contribution in [2.45, 2.75) is 0 Å². The normalized spacial score (nSPS) is 6.95. The third-order valence-corrected chi connectivity index (χ3v) is 0.787. The smallest absolute Gasteiger partial charge is 0.543 e. The molecule has 0 bridgehead atoms. The molecule has 0 fully saturated rings. The number of hydrogen-bond acceptors (Lipinski definition) is 9. The standard InChI is InChI=1S/3C3H5NO2.La/c3*1-2(4)3(5)6;/h3*1,4H2,(H,5,6);/q;;;+3/p-3. The Kier molecular flexibility index (Phi) is 19.5. The van der Waals surface area contributed by atoms with Crippen LogP contribution >= 0.6 is 0 Å². The van der Waals surface area contributed by atoms with Crippen molar-refractivity contribution in [2.75, 3.05) is 0 Å². The van der Waals surface area contributed by atoms with Crippen LogP contribution in [0.25, 0.3) is 0 Å². The van der Waals surface area contributed by atoms with E-state index in [0.29, 0.717) is 0 Å². The van der Waals surface area contributed by atoms with Crippen molar-refractivity contribution in [3.05, 3.63) is 36.8 Å². The van der Waals surface area contributed by atoms with Gasteiger partial charge in [-0.15, -0.1) is 0 Å². The molecule has 0 radical (unpaired) electrons. The van der Waals surface area contributed by atoms with E-state index >= 15 is 0 Å². The van der Waals surface area contributed by atoms with Gasteiger partial charge >= 0.3 is 35.6 Å². The van der Waals surface area contributed by atoms with Gasteiger partial charge in [0.2, 0.25) is 0 Å². The summed E-state index contributed by atoms with van der Waals surface area (Å²) < 4.78 is 0. The summed E-state index contributed by atoms with van der Waals surface area (Å²) in [6.07, 6.45) is 0. The topological polar surface area (TPSA) is 198 Å². The second-order valence-corrected chi connectivity index (χ2v) is 2.44. The average Bonchev–Trinajstić information content (AvgIpc) is 2.18. The number of nitrogens with two attached hydrogens (primary N) is 3. The molecule has 0 heterocycles. The van der Waals surface area contributed by atoms with E-state index in [0.717, 1.165) is 0 Å². The molecule has 0 saturated heterocycles. The van der Waals surface area contributed by atoms with Crippen LogP contribution in [0.3, 0.4) is 0 Å². The molecule has 0 spiro atoms. The molecule has 0 aliphatic carbocycles. The number of carboxylic acids is 3. The number of carbonyl (C=O) groups excluding carboxylic acids is 3. The fourth-order valence-electron chi connectivity index (χ4n) is 0. The van der Waals surface area contributed by atoms with Crippen molar-refractivity contribution in [2.24, 2.45) is 17.2 Å². The minimum atomic E-state index is -1.41. The molecular formula is C9H12LaN3O6. The monoisotopic (exact) mass is 397 g/mol. The molecule has 0 aromatic heterocycles. The molecule has 0 rings (SSSR count). The largest absolute Gasteiger partial charge is 3.00 e. The zero-order valence-electron chi connectivity index (χ0n) is 9.88. The Labute approximate surface area is 137 Å². The summed E-state index contributed by atoms with van der Waals surface area (Å²) in [4.78, 5) is 28.1. The van der Waals surface area contributed by atoms with E-state index in [4.69, 9.17) is 0 Å². The van der Waals surface area contributed by atoms with E-state index < -0.39 is 35.0 Å². The molecule has 0 aliphatic rings. The maximum absolute atomic E-state index is 9.36. The summed E-state index contributed by atoms with van der Waals surface area (Å²) >= 11 is 0. The van der Waals surface area contributed by atoms with E-state index in [1.54, 1.807) is 0 Å². The SMILES string of the molecule is C=C(N)C(=O)[O-].C=C(N)C(=O)[O-].C=C(N)C(=O)[O-].[La+3]. The molecule has 10 heteroatoms. The molecular weight excluding hydrogens is 385 g/mol. The predicted octanol–water partition coefficient (Wildman–Crippen LogP) is -5.37. The Hall–Kier alpha value is -1.78. The fraction of sp³-hybridized carbons (Fsp3) is 0. The van der Waals surface area contributed by atoms with Gasteiger partial charge in [-0.3, -0.25) is 0 Å². The first-order valence-electron chi connectivity index (χ1n) is 3.90. The maximum Gasteiger partial charge on any atom is 3.00 e. The van der Waals surface area contributed by atoms with Crippen LogP contribution in [0.1, 0.15) is 0 Å². The minimum absolute atomic E-state index is 0. The molecule has 0 aliphatic heterocycles. The summed E-state index contributed by atoms with van der Waals surface area (Å²) in [5.41, 5.74) is 12.4. The van der Waals surface area contributed by atoms with E-state index in [9.17, 15) is 29.7 Å². The number of hydrogen-bond donors (Lipinski definition) is 3. The Morgan fingerprint density at radius 1 is 0.632 bits per heavy atom. The minimum Gasteiger partial charge on any atom is -0.543 e. The maximum atomic E-state index is 9.36. The van der Waals surface area contributed by atoms with Crippen molar-refractivity contribution in [3.8, 4) is 0 Å². The second-order valence-electron chi connectivity index (χ2n) is 2.44. The van der Waals surface area contributed by atoms with Gasteiger partial charge in [-0.2, -0.15) is 0 Å². The molecule has 0 aromatic rings. The molecule has 0 atom stereocenters. The van der Waals surface area contributed by atoms with E-state index in [2.05, 4.69) is 36.9 Å². The van der Waals surface area contributed by atoms with Crippen LogP contribution in [0, 0.1) is 35.6 Å². The molecule has 19 heavy (non-hydrogen) atoms. The Bertz CT molecular complexity index is 287. The van der Waals surface area contributed by atoms with Gasteiger partial charge in [-0.25, -0.2) is 0 Å². The third kappa shape index (κ3) is 31.4. The summed E-state index contributed by atoms with van der Waals surface area (Å²) in [5.74, 6) is -4.22. The molecule has 9 nitrogen and oxygen atoms in total. The fourth-order valence-corrected chi connectivity index (χ4v) is 0. The first-order chi connectivity index (χ1) is 7.93. The van der Waals surface area contributed by atoms with Crippen molar-refractivity contribution >= 4 is 17.9 Å². The van der Waals surface area contributed by atoms with Gasteiger partial charge in [0.1, 0.15) is 0 Å². The summed E-state index contributed by atoms with van der Waals surface area (Å²) in [7, 11) is 0. The first-order valence-corrected chi connectivity index (χ1v) is 3.90. The van der Waals surface area contributed by atoms with Gasteiger partial charge in [0.25, 0.3) is 0 Å². The van der Waals surface area contributed by atoms with Crippen LogP contribution in [0.4, 0.5) is 0 Å². The summed E-state index contributed by atoms with van der Waals surface area (Å²) in [6.45, 7) is 8.61. The van der Waals surface area contributed by atoms with Crippen molar-refractivity contribution in [3.63, 3.8) is 0 Å². The van der Waals surface area contributed by atoms with Crippen molar-refractivity contribution in [1.82, 2.24) is 0 Å². The number of carboxylic acid groups (broad SMARTS) is 3. The van der Waals surface area contributed by atoms with Gasteiger partial charge in [0, 0.05) is 17.1 Å². The second kappa shape index (κ2) is 14.3. The molecule has 0 aromatic carbocycles. The van der Waals surface area contributed by atoms with Gasteiger partial charge < -0.3 is 46.9 Å².